The molecule has 0 fully saturated rings. The lowest BCUT2D eigenvalue weighted by atomic mass is 9.75. The molecule has 3 aliphatic rings. The van der Waals surface area contributed by atoms with Gasteiger partial charge in [0.1, 0.15) is 6.61 Å². The van der Waals surface area contributed by atoms with E-state index in [0.717, 1.165) is 22.3 Å². The zero-order valence-corrected chi connectivity index (χ0v) is 14.1. The van der Waals surface area contributed by atoms with E-state index in [1.807, 2.05) is 18.2 Å². The number of hydrogen-bond acceptors (Lipinski definition) is 6. The maximum atomic E-state index is 12.2. The van der Waals surface area contributed by atoms with Crippen molar-refractivity contribution in [2.45, 2.75) is 12.3 Å². The third-order valence-electron chi connectivity index (χ3n) is 5.19. The Morgan fingerprint density at radius 3 is 2.81 bits per heavy atom. The Morgan fingerprint density at radius 1 is 1.12 bits per heavy atom. The highest BCUT2D eigenvalue weighted by atomic mass is 16.7. The molecule has 5 rings (SSSR count). The molecule has 1 N–H and O–H groups in total. The van der Waals surface area contributed by atoms with E-state index in [1.54, 1.807) is 12.1 Å². The van der Waals surface area contributed by atoms with Crippen LogP contribution >= 0.6 is 0 Å². The summed E-state index contributed by atoms with van der Waals surface area (Å²) in [4.78, 5) is 12.2. The number of rotatable bonds is 2. The van der Waals surface area contributed by atoms with E-state index in [0.29, 0.717) is 29.2 Å². The van der Waals surface area contributed by atoms with Gasteiger partial charge in [-0.3, -0.25) is 0 Å². The summed E-state index contributed by atoms with van der Waals surface area (Å²) >= 11 is 0. The Balaban J connectivity index is 1.71. The average molecular weight is 352 g/mol. The molecule has 0 unspecified atom stereocenters. The van der Waals surface area contributed by atoms with Gasteiger partial charge in [0.25, 0.3) is 0 Å². The van der Waals surface area contributed by atoms with Gasteiger partial charge < -0.3 is 24.1 Å². The van der Waals surface area contributed by atoms with Crippen LogP contribution in [-0.4, -0.2) is 31.6 Å². The van der Waals surface area contributed by atoms with Gasteiger partial charge in [-0.2, -0.15) is 0 Å². The lowest BCUT2D eigenvalue weighted by Gasteiger charge is -2.27. The standard InChI is InChI=1S/C20H16O6/c1-23-17-6-11-4-13-14(8-24-20(13)22)19(12(11)7-15(17)21)10-2-3-16-18(5-10)26-9-25-16/h2-3,5-7,19,21H,4,8-9H2,1H3/t19-/m1/s1. The first kappa shape index (κ1) is 15.1. The molecule has 2 aromatic carbocycles. The molecule has 0 radical (unpaired) electrons. The van der Waals surface area contributed by atoms with Crippen LogP contribution in [0.1, 0.15) is 22.6 Å². The quantitative estimate of drug-likeness (QED) is 0.838. The van der Waals surface area contributed by atoms with Gasteiger partial charge in [0, 0.05) is 17.9 Å². The normalized spacial score (nSPS) is 19.9. The van der Waals surface area contributed by atoms with Gasteiger partial charge in [-0.1, -0.05) is 6.07 Å². The van der Waals surface area contributed by atoms with Crippen molar-refractivity contribution in [3.8, 4) is 23.0 Å². The van der Waals surface area contributed by atoms with Crippen molar-refractivity contribution < 1.29 is 28.8 Å². The summed E-state index contributed by atoms with van der Waals surface area (Å²) in [5, 5.41) is 10.3. The summed E-state index contributed by atoms with van der Waals surface area (Å²) in [6, 6.07) is 9.27. The minimum atomic E-state index is -0.275. The SMILES string of the molecule is COc1cc2c(cc1O)[C@@H](c1ccc3c(c1)OCO3)C1=C(C2)C(=O)OC1. The minimum absolute atomic E-state index is 0.0753. The Kier molecular flexibility index (Phi) is 3.16. The summed E-state index contributed by atoms with van der Waals surface area (Å²) in [5.41, 5.74) is 4.48. The Hall–Kier alpha value is -3.15. The molecule has 2 heterocycles. The summed E-state index contributed by atoms with van der Waals surface area (Å²) in [6.07, 6.45) is 0.473. The highest BCUT2D eigenvalue weighted by Crippen LogP contribution is 2.48. The first-order valence-electron chi connectivity index (χ1n) is 8.34. The predicted molar refractivity (Wildman–Crippen MR) is 90.8 cm³/mol. The zero-order valence-electron chi connectivity index (χ0n) is 14.1. The third kappa shape index (κ3) is 2.08. The second kappa shape index (κ2) is 5.42. The smallest absolute Gasteiger partial charge is 0.334 e. The average Bonchev–Trinajstić information content (AvgIpc) is 3.26. The van der Waals surface area contributed by atoms with E-state index in [1.165, 1.54) is 7.11 Å². The molecule has 0 saturated carbocycles. The van der Waals surface area contributed by atoms with Gasteiger partial charge in [-0.15, -0.1) is 0 Å². The zero-order chi connectivity index (χ0) is 17.8. The minimum Gasteiger partial charge on any atom is -0.504 e. The largest absolute Gasteiger partial charge is 0.504 e. The van der Waals surface area contributed by atoms with Gasteiger partial charge in [0.15, 0.2) is 23.0 Å². The molecule has 26 heavy (non-hydrogen) atoms. The van der Waals surface area contributed by atoms with Crippen LogP contribution in [0.3, 0.4) is 0 Å². The number of carbonyl (C=O) groups is 1. The van der Waals surface area contributed by atoms with E-state index in [9.17, 15) is 9.90 Å². The van der Waals surface area contributed by atoms with E-state index < -0.39 is 0 Å². The molecule has 0 bridgehead atoms. The number of benzene rings is 2. The Bertz CT molecular complexity index is 975. The number of carbonyl (C=O) groups excluding carboxylic acids is 1. The van der Waals surface area contributed by atoms with Crippen molar-refractivity contribution >= 4 is 5.97 Å². The molecular weight excluding hydrogens is 336 g/mol. The van der Waals surface area contributed by atoms with Gasteiger partial charge >= 0.3 is 5.97 Å². The van der Waals surface area contributed by atoms with Crippen molar-refractivity contribution in [1.82, 2.24) is 0 Å². The van der Waals surface area contributed by atoms with Crippen molar-refractivity contribution in [1.29, 1.82) is 0 Å². The number of ether oxygens (including phenoxy) is 4. The number of cyclic esters (lactones) is 1. The highest BCUT2D eigenvalue weighted by Gasteiger charge is 2.38. The van der Waals surface area contributed by atoms with E-state index >= 15 is 0 Å². The topological polar surface area (TPSA) is 74.2 Å². The number of hydrogen-bond donors (Lipinski definition) is 1. The van der Waals surface area contributed by atoms with Crippen molar-refractivity contribution in [2.24, 2.45) is 0 Å². The van der Waals surface area contributed by atoms with Crippen LogP contribution in [0.25, 0.3) is 0 Å². The molecule has 0 aromatic heterocycles. The van der Waals surface area contributed by atoms with Crippen molar-refractivity contribution in [3.63, 3.8) is 0 Å². The maximum absolute atomic E-state index is 12.2. The van der Waals surface area contributed by atoms with Crippen LogP contribution in [0.2, 0.25) is 0 Å². The van der Waals surface area contributed by atoms with Gasteiger partial charge in [0.2, 0.25) is 6.79 Å². The number of phenolic OH excluding ortho intramolecular Hbond substituents is 1. The highest BCUT2D eigenvalue weighted by molar-refractivity contribution is 5.94. The van der Waals surface area contributed by atoms with Gasteiger partial charge in [-0.05, 0) is 46.5 Å². The van der Waals surface area contributed by atoms with Crippen molar-refractivity contribution in [2.75, 3.05) is 20.5 Å². The van der Waals surface area contributed by atoms with Crippen LogP contribution in [0.5, 0.6) is 23.0 Å². The summed E-state index contributed by atoms with van der Waals surface area (Å²) in [5.74, 6) is 1.39. The first-order valence-corrected chi connectivity index (χ1v) is 8.34. The molecule has 1 atom stereocenters. The molecule has 6 nitrogen and oxygen atoms in total. The van der Waals surface area contributed by atoms with E-state index in [4.69, 9.17) is 18.9 Å². The van der Waals surface area contributed by atoms with E-state index in [-0.39, 0.29) is 31.0 Å². The summed E-state index contributed by atoms with van der Waals surface area (Å²) in [6.45, 7) is 0.465. The van der Waals surface area contributed by atoms with Crippen molar-refractivity contribution in [3.05, 3.63) is 58.2 Å². The lowest BCUT2D eigenvalue weighted by Crippen LogP contribution is -2.16. The molecule has 2 aromatic rings. The number of esters is 1. The number of aromatic hydroxyl groups is 1. The molecule has 6 heteroatoms. The second-order valence-corrected chi connectivity index (χ2v) is 6.53. The van der Waals surface area contributed by atoms with Crippen LogP contribution in [0.15, 0.2) is 41.5 Å². The van der Waals surface area contributed by atoms with Crippen LogP contribution in [0.4, 0.5) is 0 Å². The fourth-order valence-corrected chi connectivity index (χ4v) is 3.96. The Labute approximate surface area is 149 Å². The monoisotopic (exact) mass is 352 g/mol. The molecule has 0 saturated heterocycles. The number of phenols is 1. The van der Waals surface area contributed by atoms with Gasteiger partial charge in [-0.25, -0.2) is 4.79 Å². The fraction of sp³-hybridized carbons (Fsp3) is 0.250. The summed E-state index contributed by atoms with van der Waals surface area (Å²) in [7, 11) is 1.51. The van der Waals surface area contributed by atoms with Gasteiger partial charge in [0.05, 0.1) is 7.11 Å². The maximum Gasteiger partial charge on any atom is 0.334 e. The number of fused-ring (bicyclic) bond motifs is 2. The summed E-state index contributed by atoms with van der Waals surface area (Å²) < 4.78 is 21.4. The molecule has 0 amide bonds. The fourth-order valence-electron chi connectivity index (χ4n) is 3.96. The third-order valence-corrected chi connectivity index (χ3v) is 5.19. The molecular formula is C20H16O6. The Morgan fingerprint density at radius 2 is 1.96 bits per heavy atom. The molecule has 132 valence electrons. The predicted octanol–water partition coefficient (Wildman–Crippen LogP) is 2.67. The molecule has 2 aliphatic heterocycles. The van der Waals surface area contributed by atoms with Crippen LogP contribution < -0.4 is 14.2 Å². The molecule has 1 aliphatic carbocycles. The van der Waals surface area contributed by atoms with Crippen LogP contribution in [0, 0.1) is 0 Å². The number of methoxy groups -OCH3 is 1. The van der Waals surface area contributed by atoms with Crippen LogP contribution in [-0.2, 0) is 16.0 Å². The lowest BCUT2D eigenvalue weighted by molar-refractivity contribution is -0.136. The first-order chi connectivity index (χ1) is 12.7. The second-order valence-electron chi connectivity index (χ2n) is 6.53. The molecule has 0 spiro atoms. The van der Waals surface area contributed by atoms with E-state index in [2.05, 4.69) is 0 Å².